The summed E-state index contributed by atoms with van der Waals surface area (Å²) in [4.78, 5) is -3.18. The van der Waals surface area contributed by atoms with Gasteiger partial charge in [-0.3, -0.25) is 0 Å². The van der Waals surface area contributed by atoms with Gasteiger partial charge in [0.2, 0.25) is 9.84 Å². The van der Waals surface area contributed by atoms with Crippen LogP contribution in [0.15, 0.2) is 34.6 Å². The van der Waals surface area contributed by atoms with E-state index in [9.17, 15) is 34.8 Å². The smallest absolute Gasteiger partial charge is 0.212 e. The second-order valence-corrected chi connectivity index (χ2v) is 6.20. The molecule has 0 aliphatic heterocycles. The second-order valence-electron chi connectivity index (χ2n) is 4.31. The van der Waals surface area contributed by atoms with Crippen LogP contribution in [0, 0.1) is 34.9 Å². The predicted molar refractivity (Wildman–Crippen MR) is 68.2 cm³/mol. The van der Waals surface area contributed by atoms with Crippen LogP contribution in [0.4, 0.5) is 26.3 Å². The second kappa shape index (κ2) is 5.73. The third kappa shape index (κ3) is 2.72. The third-order valence-electron chi connectivity index (χ3n) is 2.88. The summed E-state index contributed by atoms with van der Waals surface area (Å²) in [7, 11) is -5.26. The molecule has 0 unspecified atom stereocenters. The molecule has 0 spiro atoms. The lowest BCUT2D eigenvalue weighted by Gasteiger charge is -2.11. The molecule has 0 saturated heterocycles. The van der Waals surface area contributed by atoms with Gasteiger partial charge in [-0.2, -0.15) is 0 Å². The van der Waals surface area contributed by atoms with E-state index in [1.54, 1.807) is 0 Å². The summed E-state index contributed by atoms with van der Waals surface area (Å²) in [5, 5.41) is 0. The molecular formula is C14H6F6O2S. The van der Waals surface area contributed by atoms with E-state index < -0.39 is 60.1 Å². The number of rotatable bonds is 3. The fraction of sp³-hybridized carbons (Fsp3) is 0. The molecule has 122 valence electrons. The number of benzene rings is 2. The molecule has 23 heavy (non-hydrogen) atoms. The molecule has 0 heterocycles. The Morgan fingerprint density at radius 3 is 1.61 bits per heavy atom. The highest BCUT2D eigenvalue weighted by molar-refractivity contribution is 7.91. The van der Waals surface area contributed by atoms with E-state index in [4.69, 9.17) is 0 Å². The lowest BCUT2D eigenvalue weighted by Crippen LogP contribution is -2.13. The van der Waals surface area contributed by atoms with E-state index in [1.165, 1.54) is 0 Å². The minimum absolute atomic E-state index is 0.258. The molecule has 0 atom stereocenters. The number of hydrogen-bond acceptors (Lipinski definition) is 2. The zero-order valence-corrected chi connectivity index (χ0v) is 11.8. The van der Waals surface area contributed by atoms with Gasteiger partial charge in [0.1, 0.15) is 16.5 Å². The van der Waals surface area contributed by atoms with Crippen LogP contribution in [0.5, 0.6) is 0 Å². The highest BCUT2D eigenvalue weighted by Gasteiger charge is 2.33. The van der Waals surface area contributed by atoms with Crippen LogP contribution < -0.4 is 0 Å². The van der Waals surface area contributed by atoms with Crippen molar-refractivity contribution in [3.8, 4) is 0 Å². The quantitative estimate of drug-likeness (QED) is 0.618. The Morgan fingerprint density at radius 2 is 1.22 bits per heavy atom. The third-order valence-corrected chi connectivity index (χ3v) is 4.63. The number of halogens is 6. The van der Waals surface area contributed by atoms with E-state index in [0.29, 0.717) is 12.1 Å². The number of hydrogen-bond donors (Lipinski definition) is 0. The van der Waals surface area contributed by atoms with Crippen LogP contribution in [-0.2, 0) is 9.84 Å². The van der Waals surface area contributed by atoms with E-state index in [2.05, 4.69) is 6.58 Å². The molecular weight excluding hydrogens is 346 g/mol. The first-order valence-electron chi connectivity index (χ1n) is 5.80. The molecule has 2 rings (SSSR count). The molecule has 2 aromatic rings. The first-order valence-corrected chi connectivity index (χ1v) is 7.29. The maximum absolute atomic E-state index is 13.9. The van der Waals surface area contributed by atoms with Gasteiger partial charge < -0.3 is 0 Å². The zero-order valence-electron chi connectivity index (χ0n) is 11.0. The van der Waals surface area contributed by atoms with Crippen LogP contribution in [0.1, 0.15) is 5.56 Å². The van der Waals surface area contributed by atoms with Gasteiger partial charge in [-0.15, -0.1) is 0 Å². The zero-order chi connectivity index (χ0) is 17.5. The summed E-state index contributed by atoms with van der Waals surface area (Å²) < 4.78 is 105. The van der Waals surface area contributed by atoms with Gasteiger partial charge in [-0.1, -0.05) is 12.7 Å². The summed E-state index contributed by atoms with van der Waals surface area (Å²) in [6.45, 7) is 2.95. The first kappa shape index (κ1) is 17.1. The molecule has 0 radical (unpaired) electrons. The van der Waals surface area contributed by atoms with Crippen molar-refractivity contribution in [1.82, 2.24) is 0 Å². The fourth-order valence-corrected chi connectivity index (χ4v) is 3.27. The predicted octanol–water partition coefficient (Wildman–Crippen LogP) is 4.00. The van der Waals surface area contributed by atoms with Crippen molar-refractivity contribution < 1.29 is 34.8 Å². The van der Waals surface area contributed by atoms with Crippen molar-refractivity contribution >= 4 is 15.9 Å². The average Bonchev–Trinajstić information content (AvgIpc) is 2.45. The van der Waals surface area contributed by atoms with Crippen LogP contribution in [0.3, 0.4) is 0 Å². The van der Waals surface area contributed by atoms with Crippen molar-refractivity contribution in [2.24, 2.45) is 0 Å². The molecule has 2 nitrogen and oxygen atoms in total. The van der Waals surface area contributed by atoms with Gasteiger partial charge in [0, 0.05) is 6.07 Å². The molecule has 0 amide bonds. The Balaban J connectivity index is 2.87. The van der Waals surface area contributed by atoms with Gasteiger partial charge in [0.25, 0.3) is 0 Å². The van der Waals surface area contributed by atoms with Gasteiger partial charge in [0.05, 0.1) is 10.5 Å². The molecule has 0 bridgehead atoms. The van der Waals surface area contributed by atoms with Crippen LogP contribution >= 0.6 is 0 Å². The van der Waals surface area contributed by atoms with Crippen LogP contribution in [-0.4, -0.2) is 8.42 Å². The van der Waals surface area contributed by atoms with Crippen molar-refractivity contribution in [2.75, 3.05) is 0 Å². The standard InChI is InChI=1S/C14H6F6O2S/c1-2-9-10(17)12(19)14(13(20)11(9)18)23(21,22)8-4-6(15)3-7(16)5-8/h2-5H,1H2. The van der Waals surface area contributed by atoms with Crippen molar-refractivity contribution in [1.29, 1.82) is 0 Å². The molecule has 0 aliphatic rings. The minimum Gasteiger partial charge on any atom is -0.218 e. The van der Waals surface area contributed by atoms with E-state index in [0.717, 1.165) is 0 Å². The molecule has 9 heteroatoms. The van der Waals surface area contributed by atoms with Crippen LogP contribution in [0.25, 0.3) is 6.08 Å². The van der Waals surface area contributed by atoms with Gasteiger partial charge in [0.15, 0.2) is 23.3 Å². The van der Waals surface area contributed by atoms with Gasteiger partial charge in [-0.25, -0.2) is 34.8 Å². The monoisotopic (exact) mass is 352 g/mol. The molecule has 0 N–H and O–H groups in total. The minimum atomic E-state index is -5.26. The van der Waals surface area contributed by atoms with Crippen molar-refractivity contribution in [3.63, 3.8) is 0 Å². The first-order chi connectivity index (χ1) is 10.6. The Labute approximate surface area is 126 Å². The van der Waals surface area contributed by atoms with Gasteiger partial charge in [-0.05, 0) is 12.1 Å². The summed E-state index contributed by atoms with van der Waals surface area (Å²) in [5.74, 6) is -11.1. The molecule has 0 fully saturated rings. The largest absolute Gasteiger partial charge is 0.218 e. The topological polar surface area (TPSA) is 34.1 Å². The highest BCUT2D eigenvalue weighted by Crippen LogP contribution is 2.32. The summed E-state index contributed by atoms with van der Waals surface area (Å²) in [6.07, 6.45) is 0.453. The Hall–Kier alpha value is -2.29. The van der Waals surface area contributed by atoms with Crippen LogP contribution in [0.2, 0.25) is 0 Å². The molecule has 0 saturated carbocycles. The maximum Gasteiger partial charge on any atom is 0.212 e. The molecule has 2 aromatic carbocycles. The Bertz CT molecular complexity index is 872. The SMILES string of the molecule is C=Cc1c(F)c(F)c(S(=O)(=O)c2cc(F)cc(F)c2)c(F)c1F. The maximum atomic E-state index is 13.9. The highest BCUT2D eigenvalue weighted by atomic mass is 32.2. The van der Waals surface area contributed by atoms with Crippen molar-refractivity contribution in [3.05, 3.63) is 65.2 Å². The Morgan fingerprint density at radius 1 is 0.783 bits per heavy atom. The summed E-state index contributed by atoms with van der Waals surface area (Å²) >= 11 is 0. The number of sulfone groups is 1. The molecule has 0 aliphatic carbocycles. The van der Waals surface area contributed by atoms with E-state index in [1.807, 2.05) is 0 Å². The summed E-state index contributed by atoms with van der Waals surface area (Å²) in [6, 6.07) is 0.830. The van der Waals surface area contributed by atoms with E-state index in [-0.39, 0.29) is 12.1 Å². The molecule has 0 aromatic heterocycles. The van der Waals surface area contributed by atoms with Crippen molar-refractivity contribution in [2.45, 2.75) is 9.79 Å². The normalized spacial score (nSPS) is 11.6. The van der Waals surface area contributed by atoms with E-state index >= 15 is 0 Å². The lowest BCUT2D eigenvalue weighted by molar-refractivity contribution is 0.417. The van der Waals surface area contributed by atoms with Gasteiger partial charge >= 0.3 is 0 Å². The average molecular weight is 352 g/mol. The Kier molecular flexibility index (Phi) is 4.25. The summed E-state index contributed by atoms with van der Waals surface area (Å²) in [5.41, 5.74) is -1.20. The lowest BCUT2D eigenvalue weighted by atomic mass is 10.2. The fourth-order valence-electron chi connectivity index (χ4n) is 1.85.